The first-order chi connectivity index (χ1) is 14.7. The van der Waals surface area contributed by atoms with Crippen molar-refractivity contribution >= 4 is 27.4 Å². The van der Waals surface area contributed by atoms with Crippen LogP contribution >= 0.6 is 15.9 Å². The highest BCUT2D eigenvalue weighted by Gasteiger charge is 2.22. The van der Waals surface area contributed by atoms with Gasteiger partial charge in [-0.15, -0.1) is 0 Å². The molecule has 1 aliphatic heterocycles. The molecule has 170 valence electrons. The predicted molar refractivity (Wildman–Crippen MR) is 133 cm³/mol. The zero-order valence-corrected chi connectivity index (χ0v) is 20.7. The Morgan fingerprint density at radius 3 is 2.61 bits per heavy atom. The molecular weight excluding hydrogens is 456 g/mol. The number of halogens is 1. The SMILES string of the molecule is C=C/C(Br)=C(/C)N(C)/C(C)=C\C(=C)c1ccccc1O.CCCNC(=O)C1CCCO1. The number of phenols is 1. The number of aromatic hydroxyl groups is 1. The summed E-state index contributed by atoms with van der Waals surface area (Å²) in [6.07, 6.45) is 6.43. The van der Waals surface area contributed by atoms with Crippen LogP contribution in [0.1, 0.15) is 45.6 Å². The molecule has 1 unspecified atom stereocenters. The Labute approximate surface area is 195 Å². The number of nitrogens with one attached hydrogen (secondary N) is 1. The van der Waals surface area contributed by atoms with E-state index in [0.717, 1.165) is 59.4 Å². The summed E-state index contributed by atoms with van der Waals surface area (Å²) in [5, 5.41) is 12.6. The van der Waals surface area contributed by atoms with Gasteiger partial charge in [-0.3, -0.25) is 4.79 Å². The molecule has 6 heteroatoms. The van der Waals surface area contributed by atoms with E-state index in [1.807, 2.05) is 50.9 Å². The Hall–Kier alpha value is -2.31. The third kappa shape index (κ3) is 8.75. The molecule has 0 bridgehead atoms. The summed E-state index contributed by atoms with van der Waals surface area (Å²) in [5.41, 5.74) is 3.59. The molecule has 1 heterocycles. The minimum Gasteiger partial charge on any atom is -0.507 e. The van der Waals surface area contributed by atoms with E-state index in [-0.39, 0.29) is 17.8 Å². The third-order valence-corrected chi connectivity index (χ3v) is 5.86. The van der Waals surface area contributed by atoms with Gasteiger partial charge in [0.25, 0.3) is 0 Å². The lowest BCUT2D eigenvalue weighted by Gasteiger charge is -2.22. The van der Waals surface area contributed by atoms with Crippen LogP contribution in [-0.4, -0.2) is 42.2 Å². The number of hydrogen-bond donors (Lipinski definition) is 2. The van der Waals surface area contributed by atoms with Crippen molar-refractivity contribution in [2.24, 2.45) is 0 Å². The van der Waals surface area contributed by atoms with Crippen LogP contribution in [0.2, 0.25) is 0 Å². The van der Waals surface area contributed by atoms with Gasteiger partial charge in [-0.2, -0.15) is 0 Å². The van der Waals surface area contributed by atoms with E-state index in [1.165, 1.54) is 0 Å². The minimum atomic E-state index is -0.165. The van der Waals surface area contributed by atoms with Gasteiger partial charge in [0, 0.05) is 41.6 Å². The number of benzene rings is 1. The molecule has 0 spiro atoms. The second-order valence-electron chi connectivity index (χ2n) is 7.32. The van der Waals surface area contributed by atoms with Crippen LogP contribution in [0.5, 0.6) is 5.75 Å². The van der Waals surface area contributed by atoms with Crippen molar-refractivity contribution in [1.29, 1.82) is 0 Å². The molecule has 0 saturated carbocycles. The molecule has 1 aliphatic rings. The average molecular weight is 491 g/mol. The summed E-state index contributed by atoms with van der Waals surface area (Å²) >= 11 is 3.46. The number of amides is 1. The highest BCUT2D eigenvalue weighted by molar-refractivity contribution is 9.11. The highest BCUT2D eigenvalue weighted by atomic mass is 79.9. The van der Waals surface area contributed by atoms with Gasteiger partial charge in [-0.25, -0.2) is 0 Å². The zero-order chi connectivity index (χ0) is 23.4. The van der Waals surface area contributed by atoms with E-state index < -0.39 is 0 Å². The van der Waals surface area contributed by atoms with Crippen molar-refractivity contribution in [3.63, 3.8) is 0 Å². The highest BCUT2D eigenvalue weighted by Crippen LogP contribution is 2.26. The topological polar surface area (TPSA) is 61.8 Å². The first-order valence-corrected chi connectivity index (χ1v) is 11.3. The van der Waals surface area contributed by atoms with Crippen LogP contribution in [-0.2, 0) is 9.53 Å². The Kier molecular flexibility index (Phi) is 12.0. The van der Waals surface area contributed by atoms with Gasteiger partial charge in [0.2, 0.25) is 5.91 Å². The van der Waals surface area contributed by atoms with Crippen LogP contribution in [0.25, 0.3) is 5.57 Å². The van der Waals surface area contributed by atoms with Crippen molar-refractivity contribution in [3.05, 3.63) is 71.0 Å². The second kappa shape index (κ2) is 13.9. The maximum Gasteiger partial charge on any atom is 0.249 e. The van der Waals surface area contributed by atoms with Gasteiger partial charge in [0.05, 0.1) is 0 Å². The molecular formula is C25H35BrN2O3. The quantitative estimate of drug-likeness (QED) is 0.455. The predicted octanol–water partition coefficient (Wildman–Crippen LogP) is 5.75. The first-order valence-electron chi connectivity index (χ1n) is 10.5. The monoisotopic (exact) mass is 490 g/mol. The van der Waals surface area contributed by atoms with E-state index in [9.17, 15) is 9.90 Å². The van der Waals surface area contributed by atoms with E-state index in [4.69, 9.17) is 4.74 Å². The molecule has 2 N–H and O–H groups in total. The fourth-order valence-corrected chi connectivity index (χ4v) is 3.16. The molecule has 1 saturated heterocycles. The van der Waals surface area contributed by atoms with Crippen molar-refractivity contribution in [2.75, 3.05) is 20.2 Å². The molecule has 1 atom stereocenters. The summed E-state index contributed by atoms with van der Waals surface area (Å²) in [7, 11) is 1.98. The summed E-state index contributed by atoms with van der Waals surface area (Å²) in [4.78, 5) is 13.2. The molecule has 0 aromatic heterocycles. The van der Waals surface area contributed by atoms with E-state index in [0.29, 0.717) is 0 Å². The smallest absolute Gasteiger partial charge is 0.249 e. The number of hydrogen-bond acceptors (Lipinski definition) is 4. The van der Waals surface area contributed by atoms with Gasteiger partial charge in [-0.1, -0.05) is 44.4 Å². The number of ether oxygens (including phenoxy) is 1. The molecule has 1 aromatic carbocycles. The van der Waals surface area contributed by atoms with Gasteiger partial charge in [-0.05, 0) is 66.8 Å². The Balaban J connectivity index is 0.000000367. The Morgan fingerprint density at radius 2 is 2.06 bits per heavy atom. The van der Waals surface area contributed by atoms with Crippen LogP contribution in [0.15, 0.2) is 65.5 Å². The fraction of sp³-hybridized carbons (Fsp3) is 0.400. The lowest BCUT2D eigenvalue weighted by molar-refractivity contribution is -0.130. The van der Waals surface area contributed by atoms with E-state index in [1.54, 1.807) is 18.2 Å². The fourth-order valence-electron chi connectivity index (χ4n) is 2.89. The van der Waals surface area contributed by atoms with Gasteiger partial charge in [0.1, 0.15) is 11.9 Å². The number of carbonyl (C=O) groups excluding carboxylic acids is 1. The van der Waals surface area contributed by atoms with Crippen molar-refractivity contribution in [1.82, 2.24) is 10.2 Å². The number of carbonyl (C=O) groups is 1. The average Bonchev–Trinajstić information content (AvgIpc) is 3.31. The van der Waals surface area contributed by atoms with Crippen LogP contribution < -0.4 is 5.32 Å². The summed E-state index contributed by atoms with van der Waals surface area (Å²) in [6, 6.07) is 7.19. The molecule has 1 fully saturated rings. The van der Waals surface area contributed by atoms with Crippen LogP contribution in [0.3, 0.4) is 0 Å². The number of rotatable bonds is 8. The van der Waals surface area contributed by atoms with Crippen LogP contribution in [0.4, 0.5) is 0 Å². The lowest BCUT2D eigenvalue weighted by Crippen LogP contribution is -2.34. The molecule has 31 heavy (non-hydrogen) atoms. The summed E-state index contributed by atoms with van der Waals surface area (Å²) < 4.78 is 6.15. The number of nitrogens with zero attached hydrogens (tertiary/aromatic N) is 1. The third-order valence-electron chi connectivity index (χ3n) is 4.96. The van der Waals surface area contributed by atoms with Crippen molar-refractivity contribution in [2.45, 2.75) is 46.1 Å². The number of allylic oxidation sites excluding steroid dienone is 6. The van der Waals surface area contributed by atoms with Gasteiger partial charge < -0.3 is 20.1 Å². The minimum absolute atomic E-state index is 0.0596. The Bertz CT molecular complexity index is 824. The maximum absolute atomic E-state index is 11.2. The first kappa shape index (κ1) is 26.7. The van der Waals surface area contributed by atoms with Crippen LogP contribution in [0, 0.1) is 0 Å². The molecule has 1 aromatic rings. The standard InChI is InChI=1S/C17H20BrNO.C8H15NO2/c1-6-16(18)14(4)19(5)13(3)11-12(2)15-9-7-8-10-17(15)20;1-2-5-9-8(10)7-4-3-6-11-7/h6-11,20H,1-2H2,3-5H3;7H,2-6H2,1H3,(H,9,10)/b13-11-,16-14+;. The molecule has 5 nitrogen and oxygen atoms in total. The normalized spacial score (nSPS) is 16.5. The van der Waals surface area contributed by atoms with Crippen molar-refractivity contribution in [3.8, 4) is 5.75 Å². The van der Waals surface area contributed by atoms with Crippen molar-refractivity contribution < 1.29 is 14.6 Å². The zero-order valence-electron chi connectivity index (χ0n) is 19.1. The second-order valence-corrected chi connectivity index (χ2v) is 8.17. The van der Waals surface area contributed by atoms with E-state index in [2.05, 4.69) is 34.4 Å². The number of phenolic OH excluding ortho intramolecular Hbond substituents is 1. The molecule has 2 rings (SSSR count). The molecule has 0 radical (unpaired) electrons. The van der Waals surface area contributed by atoms with Gasteiger partial charge in [0.15, 0.2) is 0 Å². The van der Waals surface area contributed by atoms with Gasteiger partial charge >= 0.3 is 0 Å². The summed E-state index contributed by atoms with van der Waals surface area (Å²) in [6.45, 7) is 15.3. The Morgan fingerprint density at radius 1 is 1.39 bits per heavy atom. The number of para-hydroxylation sites is 1. The largest absolute Gasteiger partial charge is 0.507 e. The maximum atomic E-state index is 11.2. The molecule has 0 aliphatic carbocycles. The van der Waals surface area contributed by atoms with E-state index >= 15 is 0 Å². The lowest BCUT2D eigenvalue weighted by atomic mass is 10.1. The summed E-state index contributed by atoms with van der Waals surface area (Å²) in [5.74, 6) is 0.299. The molecule has 1 amide bonds.